The van der Waals surface area contributed by atoms with E-state index in [9.17, 15) is 0 Å². The summed E-state index contributed by atoms with van der Waals surface area (Å²) in [5, 5.41) is 9.83. The fourth-order valence-corrected chi connectivity index (χ4v) is 2.48. The molecule has 0 aliphatic rings. The van der Waals surface area contributed by atoms with E-state index in [0.29, 0.717) is 5.75 Å². The third-order valence-electron chi connectivity index (χ3n) is 2.37. The average molecular weight is 228 g/mol. The van der Waals surface area contributed by atoms with Gasteiger partial charge in [-0.1, -0.05) is 24.3 Å². The normalized spacial score (nSPS) is 10.2. The van der Waals surface area contributed by atoms with Crippen LogP contribution in [0.2, 0.25) is 0 Å². The minimum atomic E-state index is 0.488. The standard InChI is InChI=1S/C13H12N2S/c1-2-8-15-10-13(16-9-7-14)11-5-3-4-6-12(11)15/h2-6,10H,1,8-9H2. The molecule has 0 bridgehead atoms. The number of benzene rings is 1. The van der Waals surface area contributed by atoms with E-state index in [0.717, 1.165) is 6.54 Å². The molecule has 1 aromatic heterocycles. The number of hydrogen-bond acceptors (Lipinski definition) is 2. The van der Waals surface area contributed by atoms with Crippen molar-refractivity contribution in [3.8, 4) is 6.07 Å². The van der Waals surface area contributed by atoms with Crippen molar-refractivity contribution in [2.24, 2.45) is 0 Å². The molecule has 0 saturated heterocycles. The first-order valence-electron chi connectivity index (χ1n) is 5.05. The van der Waals surface area contributed by atoms with Crippen LogP contribution < -0.4 is 0 Å². The van der Waals surface area contributed by atoms with Crippen LogP contribution in [0.1, 0.15) is 0 Å². The van der Waals surface area contributed by atoms with Crippen LogP contribution in [-0.4, -0.2) is 10.3 Å². The molecule has 0 amide bonds. The maximum absolute atomic E-state index is 8.62. The predicted molar refractivity (Wildman–Crippen MR) is 68.5 cm³/mol. The minimum Gasteiger partial charge on any atom is -0.343 e. The van der Waals surface area contributed by atoms with E-state index in [4.69, 9.17) is 5.26 Å². The van der Waals surface area contributed by atoms with Gasteiger partial charge in [0.25, 0.3) is 0 Å². The molecule has 1 heterocycles. The van der Waals surface area contributed by atoms with Gasteiger partial charge in [0, 0.05) is 28.5 Å². The molecule has 0 aliphatic heterocycles. The number of thioether (sulfide) groups is 1. The summed E-state index contributed by atoms with van der Waals surface area (Å²) in [6.07, 6.45) is 3.97. The highest BCUT2D eigenvalue weighted by Crippen LogP contribution is 2.29. The summed E-state index contributed by atoms with van der Waals surface area (Å²) in [6.45, 7) is 4.55. The average Bonchev–Trinajstić information content (AvgIpc) is 2.66. The Labute approximate surface area is 99.2 Å². The highest BCUT2D eigenvalue weighted by molar-refractivity contribution is 7.99. The number of para-hydroxylation sites is 1. The number of hydrogen-bond donors (Lipinski definition) is 0. The van der Waals surface area contributed by atoms with Gasteiger partial charge in [0.05, 0.1) is 11.8 Å². The second kappa shape index (κ2) is 4.91. The van der Waals surface area contributed by atoms with Crippen molar-refractivity contribution < 1.29 is 0 Å². The van der Waals surface area contributed by atoms with Crippen molar-refractivity contribution in [3.63, 3.8) is 0 Å². The first-order valence-corrected chi connectivity index (χ1v) is 6.04. The molecule has 0 N–H and O–H groups in total. The summed E-state index contributed by atoms with van der Waals surface area (Å²) in [6, 6.07) is 10.4. The second-order valence-electron chi connectivity index (χ2n) is 3.40. The van der Waals surface area contributed by atoms with Crippen LogP contribution in [-0.2, 0) is 6.54 Å². The van der Waals surface area contributed by atoms with Gasteiger partial charge in [-0.15, -0.1) is 18.3 Å². The Balaban J connectivity index is 2.49. The van der Waals surface area contributed by atoms with Gasteiger partial charge < -0.3 is 4.57 Å². The fraction of sp³-hybridized carbons (Fsp3) is 0.154. The zero-order chi connectivity index (χ0) is 11.4. The largest absolute Gasteiger partial charge is 0.343 e. The van der Waals surface area contributed by atoms with Crippen molar-refractivity contribution in [2.75, 3.05) is 5.75 Å². The van der Waals surface area contributed by atoms with E-state index in [1.54, 1.807) is 11.8 Å². The number of rotatable bonds is 4. The lowest BCUT2D eigenvalue weighted by atomic mass is 10.2. The molecule has 0 radical (unpaired) electrons. The minimum absolute atomic E-state index is 0.488. The molecule has 3 heteroatoms. The SMILES string of the molecule is C=CCn1cc(SCC#N)c2ccccc21. The first-order chi connectivity index (χ1) is 7.86. The molecular formula is C13H12N2S. The molecule has 2 rings (SSSR count). The zero-order valence-electron chi connectivity index (χ0n) is 8.89. The van der Waals surface area contributed by atoms with Crippen molar-refractivity contribution >= 4 is 22.7 Å². The van der Waals surface area contributed by atoms with Gasteiger partial charge in [0.15, 0.2) is 0 Å². The Morgan fingerprint density at radius 3 is 3.00 bits per heavy atom. The van der Waals surface area contributed by atoms with Gasteiger partial charge in [-0.3, -0.25) is 0 Å². The highest BCUT2D eigenvalue weighted by atomic mass is 32.2. The molecule has 0 aliphatic carbocycles. The lowest BCUT2D eigenvalue weighted by Gasteiger charge is -1.98. The monoisotopic (exact) mass is 228 g/mol. The van der Waals surface area contributed by atoms with Crippen LogP contribution >= 0.6 is 11.8 Å². The number of aromatic nitrogens is 1. The molecule has 0 spiro atoms. The third-order valence-corrected chi connectivity index (χ3v) is 3.28. The molecule has 2 nitrogen and oxygen atoms in total. The summed E-state index contributed by atoms with van der Waals surface area (Å²) < 4.78 is 2.15. The van der Waals surface area contributed by atoms with Gasteiger partial charge in [-0.2, -0.15) is 5.26 Å². The van der Waals surface area contributed by atoms with Gasteiger partial charge in [0.2, 0.25) is 0 Å². The molecule has 80 valence electrons. The quantitative estimate of drug-likeness (QED) is 0.592. The van der Waals surface area contributed by atoms with Crippen LogP contribution in [0.25, 0.3) is 10.9 Å². The van der Waals surface area contributed by atoms with Crippen LogP contribution in [0.4, 0.5) is 0 Å². The Morgan fingerprint density at radius 2 is 2.25 bits per heavy atom. The van der Waals surface area contributed by atoms with Gasteiger partial charge in [-0.25, -0.2) is 0 Å². The van der Waals surface area contributed by atoms with Crippen LogP contribution in [0.15, 0.2) is 48.0 Å². The van der Waals surface area contributed by atoms with E-state index in [-0.39, 0.29) is 0 Å². The van der Waals surface area contributed by atoms with E-state index in [1.165, 1.54) is 15.8 Å². The summed E-state index contributed by atoms with van der Waals surface area (Å²) in [5.74, 6) is 0.488. The molecule has 0 atom stereocenters. The summed E-state index contributed by atoms with van der Waals surface area (Å²) in [7, 11) is 0. The first kappa shape index (κ1) is 10.8. The Bertz CT molecular complexity index is 549. The molecule has 2 aromatic rings. The van der Waals surface area contributed by atoms with Crippen molar-refractivity contribution in [1.82, 2.24) is 4.57 Å². The third kappa shape index (κ3) is 1.98. The smallest absolute Gasteiger partial charge is 0.0856 e. The molecular weight excluding hydrogens is 216 g/mol. The molecule has 1 aromatic carbocycles. The van der Waals surface area contributed by atoms with Crippen molar-refractivity contribution in [3.05, 3.63) is 43.1 Å². The number of allylic oxidation sites excluding steroid dienone is 1. The topological polar surface area (TPSA) is 28.7 Å². The van der Waals surface area contributed by atoms with E-state index < -0.39 is 0 Å². The highest BCUT2D eigenvalue weighted by Gasteiger charge is 2.06. The summed E-state index contributed by atoms with van der Waals surface area (Å²) >= 11 is 1.58. The van der Waals surface area contributed by atoms with Crippen LogP contribution in [0.5, 0.6) is 0 Å². The van der Waals surface area contributed by atoms with Gasteiger partial charge in [-0.05, 0) is 6.07 Å². The lowest BCUT2D eigenvalue weighted by Crippen LogP contribution is -1.90. The maximum atomic E-state index is 8.62. The summed E-state index contributed by atoms with van der Waals surface area (Å²) in [4.78, 5) is 1.17. The van der Waals surface area contributed by atoms with Crippen LogP contribution in [0, 0.1) is 11.3 Å². The number of nitriles is 1. The molecule has 0 unspecified atom stereocenters. The molecule has 0 saturated carbocycles. The van der Waals surface area contributed by atoms with Crippen molar-refractivity contribution in [2.45, 2.75) is 11.4 Å². The Morgan fingerprint density at radius 1 is 1.44 bits per heavy atom. The number of nitrogens with zero attached hydrogens (tertiary/aromatic N) is 2. The molecule has 16 heavy (non-hydrogen) atoms. The maximum Gasteiger partial charge on any atom is 0.0856 e. The van der Waals surface area contributed by atoms with E-state index in [1.807, 2.05) is 18.2 Å². The van der Waals surface area contributed by atoms with Gasteiger partial charge >= 0.3 is 0 Å². The van der Waals surface area contributed by atoms with Crippen molar-refractivity contribution in [1.29, 1.82) is 5.26 Å². The number of fused-ring (bicyclic) bond motifs is 1. The zero-order valence-corrected chi connectivity index (χ0v) is 9.70. The Kier molecular flexibility index (Phi) is 3.33. The fourth-order valence-electron chi connectivity index (χ4n) is 1.73. The van der Waals surface area contributed by atoms with Crippen LogP contribution in [0.3, 0.4) is 0 Å². The summed E-state index contributed by atoms with van der Waals surface area (Å²) in [5.41, 5.74) is 1.20. The lowest BCUT2D eigenvalue weighted by molar-refractivity contribution is 0.858. The Hall–Kier alpha value is -1.66. The predicted octanol–water partition coefficient (Wildman–Crippen LogP) is 3.44. The van der Waals surface area contributed by atoms with E-state index >= 15 is 0 Å². The molecule has 0 fully saturated rings. The van der Waals surface area contributed by atoms with Gasteiger partial charge in [0.1, 0.15) is 0 Å². The van der Waals surface area contributed by atoms with E-state index in [2.05, 4.69) is 35.5 Å². The second-order valence-corrected chi connectivity index (χ2v) is 4.42.